The number of para-hydroxylation sites is 1. The van der Waals surface area contributed by atoms with Crippen molar-refractivity contribution in [1.82, 2.24) is 0 Å². The summed E-state index contributed by atoms with van der Waals surface area (Å²) in [6.45, 7) is 3.76. The Morgan fingerprint density at radius 1 is 0.763 bits per heavy atom. The Hall–Kier alpha value is -2.89. The standard InChI is InChI=1S/C32H35F5O/c1-3-4-5-6-7-10-21-13-15-22(16-14-21)29-25(33)17-20(2)32(31(29)37)38-28-12-9-8-11-24(28)23-18-26(34)30(36)27(35)19-23/h8-9,11-12,17-19,21-22H,3-7,10,13-16H2,1-2H3/t21-,22-. The third-order valence-electron chi connectivity index (χ3n) is 7.76. The average molecular weight is 531 g/mol. The molecular weight excluding hydrogens is 495 g/mol. The zero-order valence-corrected chi connectivity index (χ0v) is 22.1. The number of hydrogen-bond acceptors (Lipinski definition) is 1. The van der Waals surface area contributed by atoms with Gasteiger partial charge in [0.1, 0.15) is 11.6 Å². The molecule has 0 N–H and O–H groups in total. The third-order valence-corrected chi connectivity index (χ3v) is 7.76. The van der Waals surface area contributed by atoms with E-state index in [4.69, 9.17) is 4.74 Å². The second kappa shape index (κ2) is 12.8. The molecule has 38 heavy (non-hydrogen) atoms. The molecule has 1 nitrogen and oxygen atoms in total. The van der Waals surface area contributed by atoms with Crippen molar-refractivity contribution in [3.8, 4) is 22.6 Å². The van der Waals surface area contributed by atoms with Gasteiger partial charge in [0.15, 0.2) is 29.0 Å². The lowest BCUT2D eigenvalue weighted by atomic mass is 9.76. The van der Waals surface area contributed by atoms with Gasteiger partial charge in [-0.3, -0.25) is 0 Å². The average Bonchev–Trinajstić information content (AvgIpc) is 2.90. The first kappa shape index (κ1) is 28.1. The highest BCUT2D eigenvalue weighted by molar-refractivity contribution is 5.71. The predicted octanol–water partition coefficient (Wildman–Crippen LogP) is 10.8. The minimum Gasteiger partial charge on any atom is -0.453 e. The van der Waals surface area contributed by atoms with E-state index in [0.29, 0.717) is 5.92 Å². The van der Waals surface area contributed by atoms with Crippen LogP contribution in [0.4, 0.5) is 22.0 Å². The number of aryl methyl sites for hydroxylation is 1. The molecule has 0 spiro atoms. The largest absolute Gasteiger partial charge is 0.453 e. The molecule has 3 aromatic rings. The van der Waals surface area contributed by atoms with Crippen molar-refractivity contribution in [2.75, 3.05) is 0 Å². The van der Waals surface area contributed by atoms with Crippen LogP contribution >= 0.6 is 0 Å². The quantitative estimate of drug-likeness (QED) is 0.144. The van der Waals surface area contributed by atoms with Crippen molar-refractivity contribution < 1.29 is 26.7 Å². The van der Waals surface area contributed by atoms with Crippen LogP contribution in [-0.2, 0) is 0 Å². The summed E-state index contributed by atoms with van der Waals surface area (Å²) >= 11 is 0. The van der Waals surface area contributed by atoms with Crippen molar-refractivity contribution in [2.24, 2.45) is 5.92 Å². The summed E-state index contributed by atoms with van der Waals surface area (Å²) in [5, 5.41) is 0. The van der Waals surface area contributed by atoms with Crippen LogP contribution < -0.4 is 4.74 Å². The van der Waals surface area contributed by atoms with E-state index >= 15 is 8.78 Å². The summed E-state index contributed by atoms with van der Waals surface area (Å²) in [5.74, 6) is -5.17. The van der Waals surface area contributed by atoms with Gasteiger partial charge in [0, 0.05) is 11.1 Å². The highest BCUT2D eigenvalue weighted by atomic mass is 19.2. The maximum Gasteiger partial charge on any atom is 0.194 e. The van der Waals surface area contributed by atoms with Crippen LogP contribution in [0, 0.1) is 41.9 Å². The van der Waals surface area contributed by atoms with E-state index in [1.165, 1.54) is 50.7 Å². The van der Waals surface area contributed by atoms with Crippen LogP contribution in [0.1, 0.15) is 88.2 Å². The van der Waals surface area contributed by atoms with Gasteiger partial charge in [0.2, 0.25) is 0 Å². The number of unbranched alkanes of at least 4 members (excludes halogenated alkanes) is 4. The molecule has 204 valence electrons. The zero-order valence-electron chi connectivity index (χ0n) is 22.1. The van der Waals surface area contributed by atoms with Gasteiger partial charge in [-0.1, -0.05) is 63.6 Å². The monoisotopic (exact) mass is 530 g/mol. The lowest BCUT2D eigenvalue weighted by Crippen LogP contribution is -2.16. The lowest BCUT2D eigenvalue weighted by Gasteiger charge is -2.30. The van der Waals surface area contributed by atoms with Crippen molar-refractivity contribution in [3.05, 3.63) is 82.7 Å². The van der Waals surface area contributed by atoms with Gasteiger partial charge in [0.25, 0.3) is 0 Å². The van der Waals surface area contributed by atoms with E-state index in [1.54, 1.807) is 25.1 Å². The Bertz CT molecular complexity index is 1220. The molecule has 0 atom stereocenters. The second-order valence-corrected chi connectivity index (χ2v) is 10.5. The fourth-order valence-corrected chi connectivity index (χ4v) is 5.62. The normalized spacial score (nSPS) is 17.6. The molecular formula is C32H35F5O. The predicted molar refractivity (Wildman–Crippen MR) is 141 cm³/mol. The molecule has 1 aliphatic rings. The summed E-state index contributed by atoms with van der Waals surface area (Å²) < 4.78 is 78.2. The Balaban J connectivity index is 1.54. The molecule has 6 heteroatoms. The first-order chi connectivity index (χ1) is 18.3. The zero-order chi connectivity index (χ0) is 27.2. The number of halogens is 5. The van der Waals surface area contributed by atoms with Crippen LogP contribution in [0.3, 0.4) is 0 Å². The molecule has 1 saturated carbocycles. The highest BCUT2D eigenvalue weighted by Crippen LogP contribution is 2.44. The SMILES string of the molecule is CCCCCCC[C@H]1CC[C@H](c2c(F)cc(C)c(Oc3ccccc3-c3cc(F)c(F)c(F)c3)c2F)CC1. The Morgan fingerprint density at radius 3 is 2.11 bits per heavy atom. The van der Waals surface area contributed by atoms with Crippen molar-refractivity contribution in [1.29, 1.82) is 0 Å². The minimum absolute atomic E-state index is 0.0448. The third kappa shape index (κ3) is 6.39. The van der Waals surface area contributed by atoms with Crippen LogP contribution in [0.15, 0.2) is 42.5 Å². The summed E-state index contributed by atoms with van der Waals surface area (Å²) in [6, 6.07) is 9.35. The van der Waals surface area contributed by atoms with Gasteiger partial charge < -0.3 is 4.74 Å². The van der Waals surface area contributed by atoms with E-state index in [9.17, 15) is 13.2 Å². The highest BCUT2D eigenvalue weighted by Gasteiger charge is 2.29. The van der Waals surface area contributed by atoms with Crippen LogP contribution in [0.25, 0.3) is 11.1 Å². The minimum atomic E-state index is -1.57. The van der Waals surface area contributed by atoms with Gasteiger partial charge >= 0.3 is 0 Å². The van der Waals surface area contributed by atoms with E-state index in [2.05, 4.69) is 6.92 Å². The molecule has 0 aliphatic heterocycles. The van der Waals surface area contributed by atoms with Crippen LogP contribution in [0.5, 0.6) is 11.5 Å². The van der Waals surface area contributed by atoms with E-state index in [-0.39, 0.29) is 39.7 Å². The first-order valence-electron chi connectivity index (χ1n) is 13.7. The number of hydrogen-bond donors (Lipinski definition) is 0. The van der Waals surface area contributed by atoms with Gasteiger partial charge in [-0.15, -0.1) is 0 Å². The van der Waals surface area contributed by atoms with Crippen molar-refractivity contribution in [3.63, 3.8) is 0 Å². The Kier molecular flexibility index (Phi) is 9.45. The molecule has 0 amide bonds. The van der Waals surface area contributed by atoms with Gasteiger partial charge in [-0.2, -0.15) is 0 Å². The second-order valence-electron chi connectivity index (χ2n) is 10.5. The summed E-state index contributed by atoms with van der Waals surface area (Å²) in [7, 11) is 0. The molecule has 1 aliphatic carbocycles. The number of ether oxygens (including phenoxy) is 1. The Labute approximate surface area is 222 Å². The van der Waals surface area contributed by atoms with Gasteiger partial charge in [0.05, 0.1) is 0 Å². The number of benzene rings is 3. The fraction of sp³-hybridized carbons (Fsp3) is 0.438. The summed E-state index contributed by atoms with van der Waals surface area (Å²) in [6.07, 6.45) is 10.7. The lowest BCUT2D eigenvalue weighted by molar-refractivity contribution is 0.292. The molecule has 0 radical (unpaired) electrons. The maximum absolute atomic E-state index is 15.9. The fourth-order valence-electron chi connectivity index (χ4n) is 5.62. The molecule has 0 saturated heterocycles. The van der Waals surface area contributed by atoms with Crippen LogP contribution in [0.2, 0.25) is 0 Å². The van der Waals surface area contributed by atoms with E-state index < -0.39 is 29.1 Å². The first-order valence-corrected chi connectivity index (χ1v) is 13.7. The van der Waals surface area contributed by atoms with Crippen molar-refractivity contribution >= 4 is 0 Å². The van der Waals surface area contributed by atoms with Crippen LogP contribution in [-0.4, -0.2) is 0 Å². The molecule has 0 aromatic heterocycles. The summed E-state index contributed by atoms with van der Waals surface area (Å²) in [5.41, 5.74) is 0.624. The van der Waals surface area contributed by atoms with E-state index in [0.717, 1.165) is 37.8 Å². The van der Waals surface area contributed by atoms with Gasteiger partial charge in [-0.05, 0) is 79.8 Å². The Morgan fingerprint density at radius 2 is 1.42 bits per heavy atom. The molecule has 0 heterocycles. The van der Waals surface area contributed by atoms with E-state index in [1.807, 2.05) is 0 Å². The molecule has 4 rings (SSSR count). The summed E-state index contributed by atoms with van der Waals surface area (Å²) in [4.78, 5) is 0. The van der Waals surface area contributed by atoms with Gasteiger partial charge in [-0.25, -0.2) is 22.0 Å². The topological polar surface area (TPSA) is 9.23 Å². The molecule has 3 aromatic carbocycles. The molecule has 1 fully saturated rings. The maximum atomic E-state index is 15.9. The number of rotatable bonds is 10. The molecule has 0 unspecified atom stereocenters. The molecule has 0 bridgehead atoms. The van der Waals surface area contributed by atoms with Crippen molar-refractivity contribution in [2.45, 2.75) is 84.0 Å². The smallest absolute Gasteiger partial charge is 0.194 e.